The van der Waals surface area contributed by atoms with Crippen LogP contribution in [0.2, 0.25) is 0 Å². The molecule has 5 N–H and O–H groups in total. The van der Waals surface area contributed by atoms with E-state index >= 15 is 0 Å². The lowest BCUT2D eigenvalue weighted by atomic mass is 9.93. The largest absolute Gasteiger partial charge is 0.445 e. The number of alkyl carbamates (subject to hydrolysis) is 1. The molecule has 1 aromatic heterocycles. The number of pyridine rings is 1. The van der Waals surface area contributed by atoms with Gasteiger partial charge in [-0.25, -0.2) is 4.79 Å². The molecule has 0 bridgehead atoms. The van der Waals surface area contributed by atoms with E-state index in [2.05, 4.69) is 20.9 Å². The fraction of sp³-hybridized carbons (Fsp3) is 0.448. The first kappa shape index (κ1) is 31.9. The molecule has 0 saturated heterocycles. The van der Waals surface area contributed by atoms with Crippen molar-refractivity contribution in [2.24, 2.45) is 17.6 Å². The summed E-state index contributed by atoms with van der Waals surface area (Å²) in [4.78, 5) is 67.8. The van der Waals surface area contributed by atoms with Gasteiger partial charge in [0.25, 0.3) is 5.91 Å². The van der Waals surface area contributed by atoms with E-state index in [0.29, 0.717) is 12.0 Å². The molecular weight excluding hydrogens is 514 g/mol. The first-order chi connectivity index (χ1) is 19.0. The molecule has 0 aliphatic rings. The zero-order chi connectivity index (χ0) is 29.7. The summed E-state index contributed by atoms with van der Waals surface area (Å²) >= 11 is 0. The fourth-order valence-electron chi connectivity index (χ4n) is 3.91. The summed E-state index contributed by atoms with van der Waals surface area (Å²) in [7, 11) is 0. The van der Waals surface area contributed by atoms with Crippen LogP contribution in [0.4, 0.5) is 4.79 Å². The third kappa shape index (κ3) is 10.5. The number of aromatic nitrogens is 1. The van der Waals surface area contributed by atoms with Crippen molar-refractivity contribution >= 4 is 29.6 Å². The van der Waals surface area contributed by atoms with Gasteiger partial charge in [0.05, 0.1) is 6.04 Å². The topological polar surface area (TPSA) is 170 Å². The third-order valence-corrected chi connectivity index (χ3v) is 6.36. The summed E-state index contributed by atoms with van der Waals surface area (Å²) in [6.07, 6.45) is 3.10. The van der Waals surface area contributed by atoms with Gasteiger partial charge >= 0.3 is 6.09 Å². The van der Waals surface area contributed by atoms with Gasteiger partial charge in [0, 0.05) is 18.8 Å². The van der Waals surface area contributed by atoms with Crippen LogP contribution in [0.15, 0.2) is 54.9 Å². The summed E-state index contributed by atoms with van der Waals surface area (Å²) < 4.78 is 5.26. The Labute approximate surface area is 234 Å². The monoisotopic (exact) mass is 553 g/mol. The van der Waals surface area contributed by atoms with Crippen LogP contribution >= 0.6 is 0 Å². The van der Waals surface area contributed by atoms with Gasteiger partial charge in [-0.05, 0) is 35.4 Å². The minimum atomic E-state index is -1.19. The first-order valence-electron chi connectivity index (χ1n) is 13.3. The lowest BCUT2D eigenvalue weighted by Gasteiger charge is -2.27. The number of rotatable bonds is 15. The van der Waals surface area contributed by atoms with Crippen molar-refractivity contribution in [3.05, 3.63) is 66.0 Å². The summed E-state index contributed by atoms with van der Waals surface area (Å²) in [5, 5.41) is 7.60. The van der Waals surface area contributed by atoms with Crippen LogP contribution in [0, 0.1) is 11.8 Å². The van der Waals surface area contributed by atoms with Crippen LogP contribution in [0.3, 0.4) is 0 Å². The Morgan fingerprint density at radius 1 is 0.900 bits per heavy atom. The highest BCUT2D eigenvalue weighted by molar-refractivity contribution is 6.38. The molecule has 0 radical (unpaired) electrons. The van der Waals surface area contributed by atoms with E-state index in [4.69, 9.17) is 10.5 Å². The highest BCUT2D eigenvalue weighted by Crippen LogP contribution is 2.13. The Morgan fingerprint density at radius 2 is 1.57 bits per heavy atom. The SMILES string of the molecule is CCC(C)C(NC(=O)C(CC(C)C)NC(=O)OCc1ccccc1)C(=O)C(=O)NC(Cc1cccnc1)C(N)=O. The van der Waals surface area contributed by atoms with E-state index in [1.165, 1.54) is 6.20 Å². The van der Waals surface area contributed by atoms with Gasteiger partial charge in [-0.15, -0.1) is 0 Å². The molecule has 40 heavy (non-hydrogen) atoms. The van der Waals surface area contributed by atoms with Gasteiger partial charge < -0.3 is 26.4 Å². The maximum absolute atomic E-state index is 13.3. The van der Waals surface area contributed by atoms with E-state index in [1.807, 2.05) is 39.0 Å². The van der Waals surface area contributed by atoms with Crippen molar-refractivity contribution in [3.8, 4) is 0 Å². The number of hydrogen-bond donors (Lipinski definition) is 4. The number of nitrogens with zero attached hydrogens (tertiary/aromatic N) is 1. The second-order valence-corrected chi connectivity index (χ2v) is 10.1. The van der Waals surface area contributed by atoms with Crippen LogP contribution in [0.1, 0.15) is 51.7 Å². The van der Waals surface area contributed by atoms with Gasteiger partial charge in [-0.2, -0.15) is 0 Å². The maximum atomic E-state index is 13.3. The zero-order valence-electron chi connectivity index (χ0n) is 23.4. The molecule has 2 aromatic rings. The number of benzene rings is 1. The molecule has 0 spiro atoms. The molecule has 1 heterocycles. The Kier molecular flexibility index (Phi) is 12.7. The lowest BCUT2D eigenvalue weighted by Crippen LogP contribution is -2.57. The summed E-state index contributed by atoms with van der Waals surface area (Å²) in [6, 6.07) is 9.13. The average Bonchev–Trinajstić information content (AvgIpc) is 2.93. The number of hydrogen-bond acceptors (Lipinski definition) is 7. The van der Waals surface area contributed by atoms with Gasteiger partial charge in [0.2, 0.25) is 17.6 Å². The summed E-state index contributed by atoms with van der Waals surface area (Å²) in [6.45, 7) is 7.32. The van der Waals surface area contributed by atoms with Gasteiger partial charge in [0.1, 0.15) is 18.7 Å². The quantitative estimate of drug-likeness (QED) is 0.245. The number of nitrogens with two attached hydrogens (primary N) is 1. The second kappa shape index (κ2) is 16.0. The van der Waals surface area contributed by atoms with Crippen molar-refractivity contribution < 1.29 is 28.7 Å². The first-order valence-corrected chi connectivity index (χ1v) is 13.3. The number of ether oxygens (including phenoxy) is 1. The molecule has 4 unspecified atom stereocenters. The molecular formula is C29H39N5O6. The van der Waals surface area contributed by atoms with Crippen molar-refractivity contribution in [1.29, 1.82) is 0 Å². The smallest absolute Gasteiger partial charge is 0.408 e. The van der Waals surface area contributed by atoms with Crippen LogP contribution in [-0.2, 0) is 36.9 Å². The van der Waals surface area contributed by atoms with Crippen molar-refractivity contribution in [3.63, 3.8) is 0 Å². The number of nitrogens with one attached hydrogen (secondary N) is 3. The Hall–Kier alpha value is -4.28. The molecule has 4 atom stereocenters. The van der Waals surface area contributed by atoms with E-state index in [1.54, 1.807) is 37.4 Å². The number of primary amides is 1. The lowest BCUT2D eigenvalue weighted by molar-refractivity contribution is -0.142. The Morgan fingerprint density at radius 3 is 2.15 bits per heavy atom. The Bertz CT molecular complexity index is 1140. The maximum Gasteiger partial charge on any atom is 0.408 e. The zero-order valence-corrected chi connectivity index (χ0v) is 23.4. The summed E-state index contributed by atoms with van der Waals surface area (Å²) in [5.74, 6) is -3.81. The normalized spacial score (nSPS) is 13.8. The predicted octanol–water partition coefficient (Wildman–Crippen LogP) is 2.04. The van der Waals surface area contributed by atoms with Crippen molar-refractivity contribution in [2.75, 3.05) is 0 Å². The van der Waals surface area contributed by atoms with Gasteiger partial charge in [-0.1, -0.05) is 70.5 Å². The van der Waals surface area contributed by atoms with Crippen LogP contribution < -0.4 is 21.7 Å². The molecule has 11 nitrogen and oxygen atoms in total. The van der Waals surface area contributed by atoms with E-state index < -0.39 is 53.6 Å². The number of carbonyl (C=O) groups excluding carboxylic acids is 5. The molecule has 0 aliphatic carbocycles. The van der Waals surface area contributed by atoms with Crippen molar-refractivity contribution in [1.82, 2.24) is 20.9 Å². The predicted molar refractivity (Wildman–Crippen MR) is 148 cm³/mol. The molecule has 1 aromatic carbocycles. The third-order valence-electron chi connectivity index (χ3n) is 6.36. The van der Waals surface area contributed by atoms with E-state index in [9.17, 15) is 24.0 Å². The van der Waals surface area contributed by atoms with Gasteiger partial charge in [-0.3, -0.25) is 24.2 Å². The molecule has 11 heteroatoms. The number of amides is 4. The van der Waals surface area contributed by atoms with E-state index in [0.717, 1.165) is 5.56 Å². The van der Waals surface area contributed by atoms with Crippen LogP contribution in [-0.4, -0.2) is 52.7 Å². The van der Waals surface area contributed by atoms with Crippen molar-refractivity contribution in [2.45, 2.75) is 71.7 Å². The number of ketones is 1. The molecule has 216 valence electrons. The number of Topliss-reactive ketones (excluding diaryl/α,β-unsaturated/α-hetero) is 1. The minimum absolute atomic E-state index is 0.0232. The average molecular weight is 554 g/mol. The van der Waals surface area contributed by atoms with Crippen LogP contribution in [0.5, 0.6) is 0 Å². The number of carbonyl (C=O) groups is 5. The van der Waals surface area contributed by atoms with Crippen LogP contribution in [0.25, 0.3) is 0 Å². The highest BCUT2D eigenvalue weighted by Gasteiger charge is 2.35. The molecule has 2 rings (SSSR count). The molecule has 0 fully saturated rings. The molecule has 4 amide bonds. The summed E-state index contributed by atoms with van der Waals surface area (Å²) in [5.41, 5.74) is 6.89. The highest BCUT2D eigenvalue weighted by atomic mass is 16.5. The minimum Gasteiger partial charge on any atom is -0.445 e. The Balaban J connectivity index is 2.10. The van der Waals surface area contributed by atoms with E-state index in [-0.39, 0.29) is 25.4 Å². The molecule has 0 saturated carbocycles. The molecule has 0 aliphatic heterocycles. The van der Waals surface area contributed by atoms with Gasteiger partial charge in [0.15, 0.2) is 0 Å². The standard InChI is InChI=1S/C29H39N5O6/c1-5-19(4)24(25(35)28(38)32-22(26(30)36)15-21-12-9-13-31-16-21)34-27(37)23(14-18(2)3)33-29(39)40-17-20-10-7-6-8-11-20/h6-13,16,18-19,22-24H,5,14-15,17H2,1-4H3,(H2,30,36)(H,32,38)(H,33,39)(H,34,37). The second-order valence-electron chi connectivity index (χ2n) is 10.1. The fourth-order valence-corrected chi connectivity index (χ4v) is 3.91.